The van der Waals surface area contributed by atoms with Crippen LogP contribution >= 0.6 is 0 Å². The van der Waals surface area contributed by atoms with Crippen molar-refractivity contribution in [1.29, 1.82) is 0 Å². The standard InChI is InChI=1S/C60H35N3O.C46H30N2/c1-2-14-36(15-3-1)37-26-28-39(29-27-37)58-47-23-10-12-24-51(47)61-60(62-58)63-52-32-30-38-16-4-5-17-41(38)56(52)57-55-45-21-8-6-18-42(45)48(35-50(55)43-19-7-9-22-46(43)59(57)63)40-31-33-54-49(34-40)44-20-11-13-25-53(44)64-54;1-3-15-33(16-4-1)47(34-17-5-2-6-18-34)35-25-27-36(28-26-35)48-45-38-20-10-8-14-32(38)24-30-42(45)44-43-37-19-9-7-13-31(37)23-29-40(43)39-21-11-12-22-41(39)46(44)48/h1-35H;1-30H. The summed E-state index contributed by atoms with van der Waals surface area (Å²) >= 11 is 0. The second-order valence-electron chi connectivity index (χ2n) is 29.3. The van der Waals surface area contributed by atoms with Crippen LogP contribution in [0.15, 0.2) is 399 Å². The summed E-state index contributed by atoms with van der Waals surface area (Å²) in [5.74, 6) is 0.641. The largest absolute Gasteiger partial charge is 0.456 e. The zero-order valence-corrected chi connectivity index (χ0v) is 60.7. The quantitative estimate of drug-likeness (QED) is 0.142. The molecule has 0 N–H and O–H groups in total. The van der Waals surface area contributed by atoms with Crippen molar-refractivity contribution in [2.24, 2.45) is 0 Å². The molecular formula is C106H65N5O. The predicted octanol–water partition coefficient (Wildman–Crippen LogP) is 29.1. The summed E-state index contributed by atoms with van der Waals surface area (Å²) in [5, 5.41) is 28.0. The van der Waals surface area contributed by atoms with E-state index in [-0.39, 0.29) is 0 Å². The smallest absolute Gasteiger partial charge is 0.235 e. The van der Waals surface area contributed by atoms with Gasteiger partial charge in [-0.25, -0.2) is 9.97 Å². The van der Waals surface area contributed by atoms with E-state index in [1.54, 1.807) is 0 Å². The Bertz CT molecular complexity index is 7940. The molecule has 0 aliphatic heterocycles. The molecule has 0 saturated carbocycles. The van der Waals surface area contributed by atoms with Gasteiger partial charge in [0.15, 0.2) is 0 Å². The summed E-state index contributed by atoms with van der Waals surface area (Å²) in [6, 6.07) is 142. The number of rotatable bonds is 8. The Labute approximate surface area is 643 Å². The molecule has 0 atom stereocenters. The van der Waals surface area contributed by atoms with Gasteiger partial charge in [-0.05, 0) is 166 Å². The van der Waals surface area contributed by atoms with Crippen LogP contribution in [0.5, 0.6) is 0 Å². The van der Waals surface area contributed by atoms with Gasteiger partial charge in [0.1, 0.15) is 11.2 Å². The Morgan fingerprint density at radius 2 is 0.696 bits per heavy atom. The van der Waals surface area contributed by atoms with Crippen LogP contribution in [0.2, 0.25) is 0 Å². The summed E-state index contributed by atoms with van der Waals surface area (Å²) in [6.45, 7) is 0. The maximum absolute atomic E-state index is 6.29. The minimum Gasteiger partial charge on any atom is -0.456 e. The number of nitrogens with zero attached hydrogens (tertiary/aromatic N) is 5. The van der Waals surface area contributed by atoms with Gasteiger partial charge in [-0.2, -0.15) is 0 Å². The summed E-state index contributed by atoms with van der Waals surface area (Å²) < 4.78 is 11.2. The lowest BCUT2D eigenvalue weighted by molar-refractivity contribution is 0.669. The average Bonchev–Trinajstić information content (AvgIpc) is 1.52. The average molecular weight is 1420 g/mol. The first-order valence-corrected chi connectivity index (χ1v) is 38.4. The number of fused-ring (bicyclic) bond motifs is 28. The van der Waals surface area contributed by atoms with Gasteiger partial charge in [-0.15, -0.1) is 0 Å². The summed E-state index contributed by atoms with van der Waals surface area (Å²) in [4.78, 5) is 13.3. The molecule has 0 fully saturated rings. The van der Waals surface area contributed by atoms with E-state index in [2.05, 4.69) is 396 Å². The number of hydrogen-bond acceptors (Lipinski definition) is 4. The fraction of sp³-hybridized carbons (Fsp3) is 0. The normalized spacial score (nSPS) is 11.9. The summed E-state index contributed by atoms with van der Waals surface area (Å²) in [6.07, 6.45) is 0. The van der Waals surface area contributed by atoms with Crippen molar-refractivity contribution in [2.75, 3.05) is 4.90 Å². The van der Waals surface area contributed by atoms with Crippen LogP contribution in [0.25, 0.3) is 208 Å². The molecule has 20 aromatic carbocycles. The van der Waals surface area contributed by atoms with Gasteiger partial charge in [0.2, 0.25) is 5.95 Å². The minimum absolute atomic E-state index is 0.641. The fourth-order valence-corrected chi connectivity index (χ4v) is 18.4. The SMILES string of the molecule is c1ccc(-c2ccc(-c3nc(-n4c5ccc6ccccc6c5c5c6c7ccccc7c(-c7ccc8oc9ccccc9c8c7)cc6c6ccccc6c54)nc4ccccc34)cc2)cc1.c1ccc(N(c2ccccc2)c2ccc(-n3c4c5ccccc5ccc4c4c5c6ccccc6ccc5c5ccccc5c43)cc2)cc1. The lowest BCUT2D eigenvalue weighted by atomic mass is 9.88. The lowest BCUT2D eigenvalue weighted by Crippen LogP contribution is -2.09. The van der Waals surface area contributed by atoms with Gasteiger partial charge in [0.05, 0.1) is 33.3 Å². The van der Waals surface area contributed by atoms with Crippen molar-refractivity contribution in [3.05, 3.63) is 394 Å². The van der Waals surface area contributed by atoms with E-state index in [1.807, 2.05) is 12.1 Å². The third-order valence-corrected chi connectivity index (χ3v) is 23.3. The van der Waals surface area contributed by atoms with Crippen LogP contribution in [0, 0.1) is 0 Å². The maximum atomic E-state index is 6.29. The van der Waals surface area contributed by atoms with Crippen molar-refractivity contribution in [1.82, 2.24) is 19.1 Å². The van der Waals surface area contributed by atoms with Gasteiger partial charge >= 0.3 is 0 Å². The van der Waals surface area contributed by atoms with Crippen molar-refractivity contribution in [2.45, 2.75) is 0 Å². The molecule has 4 aromatic heterocycles. The molecule has 6 nitrogen and oxygen atoms in total. The van der Waals surface area contributed by atoms with Crippen molar-refractivity contribution >= 4 is 180 Å². The lowest BCUT2D eigenvalue weighted by Gasteiger charge is -2.25. The predicted molar refractivity (Wildman–Crippen MR) is 473 cm³/mol. The molecule has 24 aromatic rings. The van der Waals surface area contributed by atoms with Gasteiger partial charge < -0.3 is 13.9 Å². The molecule has 0 amide bonds. The molecule has 0 spiro atoms. The van der Waals surface area contributed by atoms with E-state index >= 15 is 0 Å². The van der Waals surface area contributed by atoms with Crippen molar-refractivity contribution in [3.63, 3.8) is 0 Å². The fourth-order valence-electron chi connectivity index (χ4n) is 18.4. The Morgan fingerprint density at radius 3 is 1.38 bits per heavy atom. The van der Waals surface area contributed by atoms with E-state index in [0.717, 1.165) is 88.8 Å². The maximum Gasteiger partial charge on any atom is 0.235 e. The molecule has 6 heteroatoms. The number of benzene rings is 20. The van der Waals surface area contributed by atoms with Gasteiger partial charge in [-0.1, -0.05) is 309 Å². The van der Waals surface area contributed by atoms with E-state index in [4.69, 9.17) is 14.4 Å². The number of furan rings is 1. The topological polar surface area (TPSA) is 52.0 Å². The molecule has 4 heterocycles. The number of para-hydroxylation sites is 4. The van der Waals surface area contributed by atoms with E-state index in [1.165, 1.54) is 130 Å². The molecule has 0 saturated heterocycles. The Hall–Kier alpha value is -15.0. The van der Waals surface area contributed by atoms with Crippen molar-refractivity contribution in [3.8, 4) is 45.1 Å². The van der Waals surface area contributed by atoms with Crippen LogP contribution in [0.1, 0.15) is 0 Å². The van der Waals surface area contributed by atoms with Gasteiger partial charge in [0.25, 0.3) is 0 Å². The van der Waals surface area contributed by atoms with E-state index < -0.39 is 0 Å². The summed E-state index contributed by atoms with van der Waals surface area (Å²) in [7, 11) is 0. The summed E-state index contributed by atoms with van der Waals surface area (Å²) in [5.41, 5.74) is 18.5. The Kier molecular flexibility index (Phi) is 14.3. The Balaban J connectivity index is 0.000000139. The van der Waals surface area contributed by atoms with Gasteiger partial charge in [-0.3, -0.25) is 4.57 Å². The van der Waals surface area contributed by atoms with Crippen LogP contribution in [0.3, 0.4) is 0 Å². The molecule has 112 heavy (non-hydrogen) atoms. The van der Waals surface area contributed by atoms with Crippen LogP contribution in [-0.4, -0.2) is 19.1 Å². The first kappa shape index (κ1) is 63.1. The molecule has 0 aliphatic carbocycles. The molecule has 0 aliphatic rings. The molecule has 0 radical (unpaired) electrons. The van der Waals surface area contributed by atoms with Crippen LogP contribution in [-0.2, 0) is 0 Å². The minimum atomic E-state index is 0.641. The van der Waals surface area contributed by atoms with E-state index in [0.29, 0.717) is 5.95 Å². The second kappa shape index (κ2) is 25.3. The third kappa shape index (κ3) is 9.78. The highest BCUT2D eigenvalue weighted by atomic mass is 16.3. The first-order valence-electron chi connectivity index (χ1n) is 38.4. The highest BCUT2D eigenvalue weighted by molar-refractivity contribution is 6.41. The van der Waals surface area contributed by atoms with E-state index in [9.17, 15) is 0 Å². The molecule has 0 bridgehead atoms. The zero-order chi connectivity index (χ0) is 73.5. The van der Waals surface area contributed by atoms with Crippen LogP contribution < -0.4 is 4.90 Å². The molecule has 520 valence electrons. The van der Waals surface area contributed by atoms with Crippen molar-refractivity contribution < 1.29 is 4.42 Å². The zero-order valence-electron chi connectivity index (χ0n) is 60.7. The number of anilines is 3. The highest BCUT2D eigenvalue weighted by Gasteiger charge is 2.27. The van der Waals surface area contributed by atoms with Gasteiger partial charge in [0, 0.05) is 92.9 Å². The molecule has 24 rings (SSSR count). The number of aromatic nitrogens is 4. The molecular weight excluding hydrogens is 1360 g/mol. The first-order chi connectivity index (χ1) is 55.6. The highest BCUT2D eigenvalue weighted by Crippen LogP contribution is 2.51. The monoisotopic (exact) mass is 1420 g/mol. The molecule has 0 unspecified atom stereocenters. The van der Waals surface area contributed by atoms with Crippen LogP contribution in [0.4, 0.5) is 17.1 Å². The third-order valence-electron chi connectivity index (χ3n) is 23.3. The Morgan fingerprint density at radius 1 is 0.232 bits per heavy atom. The second-order valence-corrected chi connectivity index (χ2v) is 29.3. The number of hydrogen-bond donors (Lipinski definition) is 0.